The van der Waals surface area contributed by atoms with Gasteiger partial charge in [-0.25, -0.2) is 0 Å². The van der Waals surface area contributed by atoms with Crippen LogP contribution in [-0.4, -0.2) is 47.0 Å². The van der Waals surface area contributed by atoms with Crippen molar-refractivity contribution in [3.05, 3.63) is 0 Å². The number of rotatable bonds is 10. The highest BCUT2D eigenvalue weighted by atomic mass is 32.1. The van der Waals surface area contributed by atoms with Crippen molar-refractivity contribution in [2.75, 3.05) is 32.2 Å². The van der Waals surface area contributed by atoms with Crippen molar-refractivity contribution in [2.45, 2.75) is 47.1 Å². The molecule has 0 aliphatic heterocycles. The van der Waals surface area contributed by atoms with Crippen molar-refractivity contribution in [1.29, 1.82) is 0 Å². The lowest BCUT2D eigenvalue weighted by Gasteiger charge is -2.28. The second-order valence-electron chi connectivity index (χ2n) is 3.73. The van der Waals surface area contributed by atoms with Gasteiger partial charge in [0.25, 0.3) is 0 Å². The van der Waals surface area contributed by atoms with Crippen LogP contribution in [0.4, 0.5) is 0 Å². The average molecular weight is 327 g/mol. The van der Waals surface area contributed by atoms with Gasteiger partial charge in [0.05, 0.1) is 6.61 Å². The van der Waals surface area contributed by atoms with Crippen molar-refractivity contribution in [3.8, 4) is 0 Å². The third-order valence-electron chi connectivity index (χ3n) is 2.08. The molecular formula is C13H30O5SSi. The first-order chi connectivity index (χ1) is 9.51. The Morgan fingerprint density at radius 3 is 1.60 bits per heavy atom. The summed E-state index contributed by atoms with van der Waals surface area (Å²) in [7, 11) is -2.37. The van der Waals surface area contributed by atoms with Gasteiger partial charge in [0.1, 0.15) is 0 Å². The zero-order chi connectivity index (χ0) is 15.9. The lowest BCUT2D eigenvalue weighted by Crippen LogP contribution is -2.46. The van der Waals surface area contributed by atoms with E-state index < -0.39 is 8.80 Å². The van der Waals surface area contributed by atoms with Gasteiger partial charge in [-0.1, -0.05) is 0 Å². The van der Waals surface area contributed by atoms with Crippen LogP contribution >= 0.6 is 12.6 Å². The zero-order valence-electron chi connectivity index (χ0n) is 13.4. The van der Waals surface area contributed by atoms with Crippen LogP contribution in [0, 0.1) is 0 Å². The molecule has 122 valence electrons. The maximum atomic E-state index is 9.82. The summed E-state index contributed by atoms with van der Waals surface area (Å²) < 4.78 is 21.4. The molecule has 0 amide bonds. The summed E-state index contributed by atoms with van der Waals surface area (Å²) in [6.07, 6.45) is 0.981. The summed E-state index contributed by atoms with van der Waals surface area (Å²) in [5.41, 5.74) is 0. The molecule has 0 rings (SSSR count). The van der Waals surface area contributed by atoms with Gasteiger partial charge in [-0.15, -0.1) is 0 Å². The second kappa shape index (κ2) is 15.3. The van der Waals surface area contributed by atoms with Gasteiger partial charge in [0, 0.05) is 32.8 Å². The van der Waals surface area contributed by atoms with Crippen LogP contribution in [0.1, 0.15) is 41.0 Å². The first kappa shape index (κ1) is 22.2. The summed E-state index contributed by atoms with van der Waals surface area (Å²) in [6, 6.07) is 0.867. The number of esters is 1. The van der Waals surface area contributed by atoms with Crippen molar-refractivity contribution in [3.63, 3.8) is 0 Å². The van der Waals surface area contributed by atoms with Crippen LogP contribution in [0.2, 0.25) is 6.04 Å². The summed E-state index contributed by atoms with van der Waals surface area (Å²) in [4.78, 5) is 9.82. The molecule has 0 saturated carbocycles. The van der Waals surface area contributed by atoms with Crippen LogP contribution in [-0.2, 0) is 22.8 Å². The SMILES string of the molecule is CCOC(C)=O.CCO[Si](CCCS)(OCC)OCC. The van der Waals surface area contributed by atoms with E-state index in [0.29, 0.717) is 26.4 Å². The third-order valence-corrected chi connectivity index (χ3v) is 5.55. The van der Waals surface area contributed by atoms with Gasteiger partial charge in [0.2, 0.25) is 0 Å². The molecule has 0 aromatic carbocycles. The Morgan fingerprint density at radius 1 is 0.950 bits per heavy atom. The number of hydrogen-bond donors (Lipinski definition) is 1. The van der Waals surface area contributed by atoms with Crippen molar-refractivity contribution in [1.82, 2.24) is 0 Å². The van der Waals surface area contributed by atoms with E-state index in [0.717, 1.165) is 18.2 Å². The molecule has 0 saturated heterocycles. The van der Waals surface area contributed by atoms with Gasteiger partial charge in [-0.3, -0.25) is 4.79 Å². The van der Waals surface area contributed by atoms with Crippen LogP contribution < -0.4 is 0 Å². The molecule has 20 heavy (non-hydrogen) atoms. The van der Waals surface area contributed by atoms with Crippen molar-refractivity contribution < 1.29 is 22.8 Å². The first-order valence-electron chi connectivity index (χ1n) is 7.17. The molecule has 7 heteroatoms. The van der Waals surface area contributed by atoms with Crippen LogP contribution in [0.3, 0.4) is 0 Å². The highest BCUT2D eigenvalue weighted by Gasteiger charge is 2.39. The lowest BCUT2D eigenvalue weighted by molar-refractivity contribution is -0.140. The highest BCUT2D eigenvalue weighted by Crippen LogP contribution is 2.18. The molecule has 0 atom stereocenters. The molecule has 0 spiro atoms. The van der Waals surface area contributed by atoms with Gasteiger partial charge in [-0.05, 0) is 39.9 Å². The molecule has 0 radical (unpaired) electrons. The fourth-order valence-corrected chi connectivity index (χ4v) is 4.57. The smallest absolute Gasteiger partial charge is 0.466 e. The summed E-state index contributed by atoms with van der Waals surface area (Å²) in [6.45, 7) is 11.5. The summed E-state index contributed by atoms with van der Waals surface area (Å²) in [5, 5.41) is 0. The molecule has 0 aromatic rings. The monoisotopic (exact) mass is 326 g/mol. The fraction of sp³-hybridized carbons (Fsp3) is 0.923. The highest BCUT2D eigenvalue weighted by molar-refractivity contribution is 7.80. The summed E-state index contributed by atoms with van der Waals surface area (Å²) in [5.74, 6) is 0.639. The molecular weight excluding hydrogens is 296 g/mol. The molecule has 0 aliphatic carbocycles. The molecule has 5 nitrogen and oxygen atoms in total. The Kier molecular flexibility index (Phi) is 17.0. The molecule has 0 aromatic heterocycles. The number of hydrogen-bond acceptors (Lipinski definition) is 6. The minimum absolute atomic E-state index is 0.211. The Hall–Kier alpha value is -0.0831. The quantitative estimate of drug-likeness (QED) is 0.380. The fourth-order valence-electron chi connectivity index (χ4n) is 1.50. The second-order valence-corrected chi connectivity index (χ2v) is 6.91. The Morgan fingerprint density at radius 2 is 1.40 bits per heavy atom. The van der Waals surface area contributed by atoms with Crippen molar-refractivity contribution >= 4 is 27.4 Å². The molecule has 0 aliphatic rings. The number of ether oxygens (including phenoxy) is 1. The number of carbonyl (C=O) groups is 1. The summed E-state index contributed by atoms with van der Waals surface area (Å²) >= 11 is 4.19. The molecule has 0 N–H and O–H groups in total. The Balaban J connectivity index is 0. The lowest BCUT2D eigenvalue weighted by atomic mass is 10.6. The van der Waals surface area contributed by atoms with E-state index >= 15 is 0 Å². The van der Waals surface area contributed by atoms with Crippen LogP contribution in [0.15, 0.2) is 0 Å². The van der Waals surface area contributed by atoms with Gasteiger partial charge in [0.15, 0.2) is 0 Å². The first-order valence-corrected chi connectivity index (χ1v) is 9.74. The largest absolute Gasteiger partial charge is 0.500 e. The maximum absolute atomic E-state index is 9.82. The average Bonchev–Trinajstić information content (AvgIpc) is 2.38. The van der Waals surface area contributed by atoms with Gasteiger partial charge < -0.3 is 18.0 Å². The third kappa shape index (κ3) is 12.9. The maximum Gasteiger partial charge on any atom is 0.500 e. The normalized spacial score (nSPS) is 10.7. The molecule has 0 bridgehead atoms. The molecule has 0 fully saturated rings. The van der Waals surface area contributed by atoms with E-state index in [9.17, 15) is 4.79 Å². The van der Waals surface area contributed by atoms with E-state index in [1.165, 1.54) is 6.92 Å². The van der Waals surface area contributed by atoms with Crippen molar-refractivity contribution in [2.24, 2.45) is 0 Å². The minimum atomic E-state index is -2.37. The van der Waals surface area contributed by atoms with E-state index in [4.69, 9.17) is 13.3 Å². The van der Waals surface area contributed by atoms with E-state index in [1.54, 1.807) is 6.92 Å². The topological polar surface area (TPSA) is 54.0 Å². The van der Waals surface area contributed by atoms with Gasteiger partial charge in [-0.2, -0.15) is 12.6 Å². The van der Waals surface area contributed by atoms with E-state index in [-0.39, 0.29) is 5.97 Å². The van der Waals surface area contributed by atoms with E-state index in [2.05, 4.69) is 17.4 Å². The zero-order valence-corrected chi connectivity index (χ0v) is 15.3. The van der Waals surface area contributed by atoms with E-state index in [1.807, 2.05) is 20.8 Å². The Bertz CT molecular complexity index is 212. The minimum Gasteiger partial charge on any atom is -0.466 e. The number of carbonyl (C=O) groups excluding carboxylic acids is 1. The van der Waals surface area contributed by atoms with Gasteiger partial charge >= 0.3 is 14.8 Å². The predicted molar refractivity (Wildman–Crippen MR) is 86.2 cm³/mol. The van der Waals surface area contributed by atoms with Crippen LogP contribution in [0.5, 0.6) is 0 Å². The molecule has 0 heterocycles. The Labute approximate surface area is 130 Å². The standard InChI is InChI=1S/C9H22O3SSi.C4H8O2/c1-4-10-14(11-5-2,12-6-3)9-7-8-13;1-3-6-4(2)5/h13H,4-9H2,1-3H3;3H2,1-2H3. The predicted octanol–water partition coefficient (Wildman–Crippen LogP) is 2.92. The molecule has 0 unspecified atom stereocenters. The number of thiol groups is 1. The van der Waals surface area contributed by atoms with Crippen LogP contribution in [0.25, 0.3) is 0 Å².